The van der Waals surface area contributed by atoms with Gasteiger partial charge in [-0.15, -0.1) is 0 Å². The van der Waals surface area contributed by atoms with E-state index in [1.807, 2.05) is 0 Å². The van der Waals surface area contributed by atoms with Gasteiger partial charge in [0.25, 0.3) is 0 Å². The van der Waals surface area contributed by atoms with Crippen LogP contribution < -0.4 is 10.5 Å². The summed E-state index contributed by atoms with van der Waals surface area (Å²) in [5.74, 6) is -0.647. The van der Waals surface area contributed by atoms with Crippen molar-refractivity contribution in [3.05, 3.63) is 23.5 Å². The molecule has 0 radical (unpaired) electrons. The molecule has 0 atom stereocenters. The second-order valence-corrected chi connectivity index (χ2v) is 5.69. The first-order chi connectivity index (χ1) is 8.38. The predicted molar refractivity (Wildman–Crippen MR) is 67.1 cm³/mol. The molecular formula is C11H17FN2O3S. The maximum absolute atomic E-state index is 13.4. The van der Waals surface area contributed by atoms with E-state index in [0.717, 1.165) is 6.07 Å². The van der Waals surface area contributed by atoms with Crippen LogP contribution in [0.4, 0.5) is 10.1 Å². The molecule has 18 heavy (non-hydrogen) atoms. The van der Waals surface area contributed by atoms with Gasteiger partial charge in [0.1, 0.15) is 5.82 Å². The topological polar surface area (TPSA) is 92.4 Å². The summed E-state index contributed by atoms with van der Waals surface area (Å²) in [7, 11) is -3.77. The van der Waals surface area contributed by atoms with Crippen LogP contribution in [0.15, 0.2) is 17.0 Å². The zero-order valence-electron chi connectivity index (χ0n) is 10.1. The van der Waals surface area contributed by atoms with E-state index in [9.17, 15) is 12.8 Å². The van der Waals surface area contributed by atoms with Crippen LogP contribution in [0, 0.1) is 12.7 Å². The molecule has 0 amide bonds. The number of unbranched alkanes of at least 4 members (excludes halogenated alkanes) is 1. The summed E-state index contributed by atoms with van der Waals surface area (Å²) in [4.78, 5) is -0.149. The molecule has 0 unspecified atom stereocenters. The summed E-state index contributed by atoms with van der Waals surface area (Å²) in [5, 5.41) is 8.59. The molecule has 0 fully saturated rings. The summed E-state index contributed by atoms with van der Waals surface area (Å²) >= 11 is 0. The molecule has 0 aliphatic rings. The Morgan fingerprint density at radius 2 is 2.06 bits per heavy atom. The van der Waals surface area contributed by atoms with Crippen LogP contribution in [-0.2, 0) is 10.0 Å². The third kappa shape index (κ3) is 3.66. The fourth-order valence-corrected chi connectivity index (χ4v) is 2.83. The van der Waals surface area contributed by atoms with Gasteiger partial charge in [0.2, 0.25) is 10.0 Å². The monoisotopic (exact) mass is 276 g/mol. The molecule has 1 aromatic rings. The highest BCUT2D eigenvalue weighted by molar-refractivity contribution is 7.89. The molecule has 0 bridgehead atoms. The molecule has 5 nitrogen and oxygen atoms in total. The molecule has 0 saturated carbocycles. The van der Waals surface area contributed by atoms with Gasteiger partial charge in [0.05, 0.1) is 4.90 Å². The molecule has 0 spiro atoms. The number of hydrogen-bond donors (Lipinski definition) is 3. The molecule has 0 aliphatic carbocycles. The third-order valence-corrected chi connectivity index (χ3v) is 4.07. The van der Waals surface area contributed by atoms with E-state index in [-0.39, 0.29) is 29.3 Å². The van der Waals surface area contributed by atoms with E-state index in [1.165, 1.54) is 13.0 Å². The van der Waals surface area contributed by atoms with Crippen molar-refractivity contribution in [3.8, 4) is 0 Å². The second-order valence-electron chi connectivity index (χ2n) is 3.95. The lowest BCUT2D eigenvalue weighted by atomic mass is 10.2. The highest BCUT2D eigenvalue weighted by atomic mass is 32.2. The van der Waals surface area contributed by atoms with Crippen molar-refractivity contribution >= 4 is 15.7 Å². The Bertz CT molecular complexity index is 517. The fourth-order valence-electron chi connectivity index (χ4n) is 1.47. The van der Waals surface area contributed by atoms with Crippen molar-refractivity contribution in [2.45, 2.75) is 24.7 Å². The van der Waals surface area contributed by atoms with Crippen molar-refractivity contribution in [1.29, 1.82) is 0 Å². The van der Waals surface area contributed by atoms with Crippen LogP contribution in [0.2, 0.25) is 0 Å². The number of nitrogen functional groups attached to an aromatic ring is 1. The minimum absolute atomic E-state index is 0.00761. The van der Waals surface area contributed by atoms with Crippen molar-refractivity contribution in [2.24, 2.45) is 0 Å². The first-order valence-corrected chi connectivity index (χ1v) is 7.03. The largest absolute Gasteiger partial charge is 0.399 e. The molecule has 4 N–H and O–H groups in total. The number of aliphatic hydroxyl groups excluding tert-OH is 1. The summed E-state index contributed by atoms with van der Waals surface area (Å²) in [6.07, 6.45) is 1.02. The molecule has 0 aromatic heterocycles. The molecule has 7 heteroatoms. The van der Waals surface area contributed by atoms with Crippen molar-refractivity contribution < 1.29 is 17.9 Å². The maximum atomic E-state index is 13.4. The van der Waals surface area contributed by atoms with Crippen LogP contribution >= 0.6 is 0 Å². The number of halogens is 1. The Balaban J connectivity index is 2.91. The van der Waals surface area contributed by atoms with Gasteiger partial charge in [0.15, 0.2) is 0 Å². The SMILES string of the molecule is Cc1c(F)cc(N)cc1S(=O)(=O)NCCCCO. The van der Waals surface area contributed by atoms with E-state index in [2.05, 4.69) is 4.72 Å². The zero-order valence-corrected chi connectivity index (χ0v) is 10.9. The number of nitrogens with one attached hydrogen (secondary N) is 1. The second kappa shape index (κ2) is 6.12. The Hall–Kier alpha value is -1.18. The molecule has 1 aromatic carbocycles. The van der Waals surface area contributed by atoms with E-state index >= 15 is 0 Å². The first-order valence-electron chi connectivity index (χ1n) is 5.54. The quantitative estimate of drug-likeness (QED) is 0.528. The third-order valence-electron chi connectivity index (χ3n) is 2.49. The van der Waals surface area contributed by atoms with Crippen LogP contribution in [0.3, 0.4) is 0 Å². The Morgan fingerprint density at radius 3 is 2.67 bits per heavy atom. The lowest BCUT2D eigenvalue weighted by molar-refractivity contribution is 0.285. The predicted octanol–water partition coefficient (Wildman–Crippen LogP) is 0.767. The standard InChI is InChI=1S/C11H17FN2O3S/c1-8-10(12)6-9(13)7-11(8)18(16,17)14-4-2-3-5-15/h6-7,14-15H,2-5,13H2,1H3. The number of sulfonamides is 1. The fraction of sp³-hybridized carbons (Fsp3) is 0.455. The van der Waals surface area contributed by atoms with Crippen LogP contribution in [0.5, 0.6) is 0 Å². The van der Waals surface area contributed by atoms with Gasteiger partial charge in [0, 0.05) is 24.4 Å². The molecule has 1 rings (SSSR count). The highest BCUT2D eigenvalue weighted by Gasteiger charge is 2.19. The normalized spacial score (nSPS) is 11.7. The van der Waals surface area contributed by atoms with E-state index < -0.39 is 15.8 Å². The summed E-state index contributed by atoms with van der Waals surface area (Å²) in [6.45, 7) is 1.59. The maximum Gasteiger partial charge on any atom is 0.241 e. The Labute approximate surface area is 106 Å². The number of anilines is 1. The first kappa shape index (κ1) is 14.9. The van der Waals surface area contributed by atoms with Crippen LogP contribution in [0.1, 0.15) is 18.4 Å². The van der Waals surface area contributed by atoms with Gasteiger partial charge < -0.3 is 10.8 Å². The Morgan fingerprint density at radius 1 is 1.39 bits per heavy atom. The number of rotatable bonds is 6. The number of benzene rings is 1. The average Bonchev–Trinajstić information content (AvgIpc) is 2.29. The van der Waals surface area contributed by atoms with E-state index in [4.69, 9.17) is 10.8 Å². The summed E-state index contributed by atoms with van der Waals surface area (Å²) in [5.41, 5.74) is 5.54. The number of nitrogens with two attached hydrogens (primary N) is 1. The number of hydrogen-bond acceptors (Lipinski definition) is 4. The van der Waals surface area contributed by atoms with Gasteiger partial charge in [-0.2, -0.15) is 0 Å². The lowest BCUT2D eigenvalue weighted by Crippen LogP contribution is -2.26. The van der Waals surface area contributed by atoms with Gasteiger partial charge in [-0.3, -0.25) is 0 Å². The highest BCUT2D eigenvalue weighted by Crippen LogP contribution is 2.21. The molecule has 0 heterocycles. The van der Waals surface area contributed by atoms with E-state index in [0.29, 0.717) is 12.8 Å². The molecule has 102 valence electrons. The van der Waals surface area contributed by atoms with Crippen LogP contribution in [0.25, 0.3) is 0 Å². The smallest absolute Gasteiger partial charge is 0.241 e. The van der Waals surface area contributed by atoms with Gasteiger partial charge in [-0.25, -0.2) is 17.5 Å². The van der Waals surface area contributed by atoms with Gasteiger partial charge in [-0.1, -0.05) is 0 Å². The van der Waals surface area contributed by atoms with Crippen molar-refractivity contribution in [3.63, 3.8) is 0 Å². The minimum Gasteiger partial charge on any atom is -0.399 e. The summed E-state index contributed by atoms with van der Waals surface area (Å²) < 4.78 is 39.6. The molecular weight excluding hydrogens is 259 g/mol. The van der Waals surface area contributed by atoms with Crippen LogP contribution in [-0.4, -0.2) is 26.7 Å². The Kier molecular flexibility index (Phi) is 5.06. The van der Waals surface area contributed by atoms with Crippen molar-refractivity contribution in [1.82, 2.24) is 4.72 Å². The molecule has 0 saturated heterocycles. The van der Waals surface area contributed by atoms with E-state index in [1.54, 1.807) is 0 Å². The number of aliphatic hydroxyl groups is 1. The lowest BCUT2D eigenvalue weighted by Gasteiger charge is -2.10. The zero-order chi connectivity index (χ0) is 13.8. The molecule has 0 aliphatic heterocycles. The van der Waals surface area contributed by atoms with Gasteiger partial charge in [-0.05, 0) is 31.9 Å². The van der Waals surface area contributed by atoms with Gasteiger partial charge >= 0.3 is 0 Å². The average molecular weight is 276 g/mol. The minimum atomic E-state index is -3.77. The summed E-state index contributed by atoms with van der Waals surface area (Å²) in [6, 6.07) is 2.31. The van der Waals surface area contributed by atoms with Crippen molar-refractivity contribution in [2.75, 3.05) is 18.9 Å².